The number of esters is 1. The van der Waals surface area contributed by atoms with Gasteiger partial charge in [0.2, 0.25) is 0 Å². The molecule has 228 valence electrons. The summed E-state index contributed by atoms with van der Waals surface area (Å²) in [7, 11) is -4.32. The molecule has 0 amide bonds. The number of aliphatic hydroxyl groups is 2. The van der Waals surface area contributed by atoms with Crippen molar-refractivity contribution >= 4 is 42.3 Å². The molecule has 1 saturated carbocycles. The Kier molecular flexibility index (Phi) is 9.33. The molecule has 1 aliphatic carbocycles. The molecule has 42 heavy (non-hydrogen) atoms. The summed E-state index contributed by atoms with van der Waals surface area (Å²) in [6.07, 6.45) is 0.714. The summed E-state index contributed by atoms with van der Waals surface area (Å²) < 4.78 is 38.8. The summed E-state index contributed by atoms with van der Waals surface area (Å²) in [6, 6.07) is 5.01. The third-order valence-corrected chi connectivity index (χ3v) is 9.30. The number of nitrogens with two attached hydrogens (primary N) is 1. The van der Waals surface area contributed by atoms with Gasteiger partial charge in [0.25, 0.3) is 0 Å². The van der Waals surface area contributed by atoms with Gasteiger partial charge in [-0.1, -0.05) is 18.0 Å². The van der Waals surface area contributed by atoms with Crippen molar-refractivity contribution in [2.24, 2.45) is 0 Å². The van der Waals surface area contributed by atoms with E-state index >= 15 is 0 Å². The van der Waals surface area contributed by atoms with Crippen LogP contribution >= 0.6 is 19.3 Å². The van der Waals surface area contributed by atoms with Crippen LogP contribution < -0.4 is 15.3 Å². The molecule has 3 unspecified atom stereocenters. The Hall–Kier alpha value is -2.84. The third kappa shape index (κ3) is 6.70. The Labute approximate surface area is 247 Å². The molecule has 3 aromatic rings. The first-order valence-corrected chi connectivity index (χ1v) is 15.6. The molecule has 16 heteroatoms. The van der Waals surface area contributed by atoms with Crippen LogP contribution in [0.3, 0.4) is 0 Å². The summed E-state index contributed by atoms with van der Waals surface area (Å²) >= 11 is 5.98. The van der Waals surface area contributed by atoms with Gasteiger partial charge in [0, 0.05) is 5.02 Å². The standard InChI is InChI=1S/C26H34ClN6O8P/c1-14(26(36)38-17-6-4-3-5-7-17)32-42(37,41-18-10-8-16(27)9-11-18)40-15(2)22-20(34)21(35)25(39-22)33-13-31-19-23(28)29-12-30-24(19)33/h8-15,17,20-22,25,34-35H,3-7H2,1-2H3,(H,32,37)(H2,28,29,30)/t14?,15?,20-,21+,22+,25+,42?/m0/s1. The van der Waals surface area contributed by atoms with Gasteiger partial charge in [-0.2, -0.15) is 5.09 Å². The van der Waals surface area contributed by atoms with Gasteiger partial charge < -0.3 is 29.9 Å². The maximum atomic E-state index is 14.1. The molecular formula is C26H34ClN6O8P. The fraction of sp³-hybridized carbons (Fsp3) is 0.538. The van der Waals surface area contributed by atoms with Crippen molar-refractivity contribution in [1.29, 1.82) is 0 Å². The van der Waals surface area contributed by atoms with E-state index in [2.05, 4.69) is 20.0 Å². The van der Waals surface area contributed by atoms with Crippen LogP contribution in [0.2, 0.25) is 5.02 Å². The van der Waals surface area contributed by atoms with Crippen LogP contribution in [0.5, 0.6) is 5.75 Å². The predicted octanol–water partition coefficient (Wildman–Crippen LogP) is 3.13. The average molecular weight is 625 g/mol. The average Bonchev–Trinajstić information content (AvgIpc) is 3.52. The summed E-state index contributed by atoms with van der Waals surface area (Å²) in [4.78, 5) is 25.1. The number of anilines is 1. The first kappa shape index (κ1) is 30.6. The van der Waals surface area contributed by atoms with E-state index in [4.69, 9.17) is 35.9 Å². The van der Waals surface area contributed by atoms with Gasteiger partial charge >= 0.3 is 13.7 Å². The van der Waals surface area contributed by atoms with E-state index in [0.29, 0.717) is 10.5 Å². The number of hydrogen-bond acceptors (Lipinski definition) is 12. The van der Waals surface area contributed by atoms with Crippen molar-refractivity contribution in [3.05, 3.63) is 41.9 Å². The van der Waals surface area contributed by atoms with E-state index < -0.39 is 50.4 Å². The van der Waals surface area contributed by atoms with E-state index in [1.54, 1.807) is 12.1 Å². The van der Waals surface area contributed by atoms with Crippen LogP contribution in [-0.2, 0) is 23.4 Å². The number of imidazole rings is 1. The lowest BCUT2D eigenvalue weighted by Gasteiger charge is -2.29. The van der Waals surface area contributed by atoms with Crippen LogP contribution in [-0.4, -0.2) is 72.3 Å². The second-order valence-corrected chi connectivity index (χ2v) is 12.5. The number of carbonyl (C=O) groups excluding carboxylic acids is 1. The zero-order valence-electron chi connectivity index (χ0n) is 23.1. The molecule has 2 aliphatic rings. The molecule has 7 atom stereocenters. The van der Waals surface area contributed by atoms with Crippen molar-refractivity contribution in [3.63, 3.8) is 0 Å². The Morgan fingerprint density at radius 1 is 1.14 bits per heavy atom. The lowest BCUT2D eigenvalue weighted by Crippen LogP contribution is -2.41. The monoisotopic (exact) mass is 624 g/mol. The minimum absolute atomic E-state index is 0.141. The summed E-state index contributed by atoms with van der Waals surface area (Å²) in [5.41, 5.74) is 6.46. The maximum Gasteiger partial charge on any atom is 0.459 e. The first-order valence-electron chi connectivity index (χ1n) is 13.7. The molecule has 14 nitrogen and oxygen atoms in total. The van der Waals surface area contributed by atoms with Crippen molar-refractivity contribution < 1.29 is 38.1 Å². The Morgan fingerprint density at radius 3 is 2.57 bits per heavy atom. The lowest BCUT2D eigenvalue weighted by atomic mass is 9.98. The highest BCUT2D eigenvalue weighted by molar-refractivity contribution is 7.52. The summed E-state index contributed by atoms with van der Waals surface area (Å²) in [6.45, 7) is 3.00. The lowest BCUT2D eigenvalue weighted by molar-refractivity contribution is -0.152. The fourth-order valence-corrected chi connectivity index (χ4v) is 6.91. The summed E-state index contributed by atoms with van der Waals surface area (Å²) in [5, 5.41) is 24.9. The quantitative estimate of drug-likeness (QED) is 0.190. The van der Waals surface area contributed by atoms with Crippen LogP contribution in [0.4, 0.5) is 5.82 Å². The van der Waals surface area contributed by atoms with Gasteiger partial charge in [-0.25, -0.2) is 19.5 Å². The molecule has 1 aromatic carbocycles. The van der Waals surface area contributed by atoms with Crippen molar-refractivity contribution in [2.45, 2.75) is 88.7 Å². The largest absolute Gasteiger partial charge is 0.461 e. The predicted molar refractivity (Wildman–Crippen MR) is 151 cm³/mol. The smallest absolute Gasteiger partial charge is 0.459 e. The minimum atomic E-state index is -4.32. The highest BCUT2D eigenvalue weighted by Gasteiger charge is 2.49. The Bertz CT molecular complexity index is 1440. The number of aliphatic hydroxyl groups excluding tert-OH is 2. The van der Waals surface area contributed by atoms with Gasteiger partial charge in [-0.05, 0) is 63.8 Å². The van der Waals surface area contributed by atoms with Crippen LogP contribution in [0, 0.1) is 0 Å². The molecule has 0 spiro atoms. The molecular weight excluding hydrogens is 591 g/mol. The molecule has 1 aliphatic heterocycles. The van der Waals surface area contributed by atoms with E-state index in [1.807, 2.05) is 0 Å². The number of carbonyl (C=O) groups is 1. The van der Waals surface area contributed by atoms with Crippen LogP contribution in [0.15, 0.2) is 36.9 Å². The molecule has 0 radical (unpaired) electrons. The van der Waals surface area contributed by atoms with Crippen LogP contribution in [0.25, 0.3) is 11.2 Å². The number of rotatable bonds is 10. The van der Waals surface area contributed by atoms with Gasteiger partial charge in [-0.15, -0.1) is 0 Å². The molecule has 2 aromatic heterocycles. The van der Waals surface area contributed by atoms with Crippen LogP contribution in [0.1, 0.15) is 52.2 Å². The van der Waals surface area contributed by atoms with E-state index in [9.17, 15) is 19.6 Å². The molecule has 3 heterocycles. The Morgan fingerprint density at radius 2 is 1.86 bits per heavy atom. The molecule has 5 rings (SSSR count). The van der Waals surface area contributed by atoms with E-state index in [-0.39, 0.29) is 23.3 Å². The second kappa shape index (κ2) is 12.8. The number of fused-ring (bicyclic) bond motifs is 1. The van der Waals surface area contributed by atoms with E-state index in [1.165, 1.54) is 43.2 Å². The first-order chi connectivity index (χ1) is 20.0. The number of aromatic nitrogens is 4. The third-order valence-electron chi connectivity index (χ3n) is 7.28. The molecule has 0 bridgehead atoms. The zero-order chi connectivity index (χ0) is 30.0. The fourth-order valence-electron chi connectivity index (χ4n) is 5.09. The van der Waals surface area contributed by atoms with Gasteiger partial charge in [0.1, 0.15) is 48.1 Å². The van der Waals surface area contributed by atoms with Crippen molar-refractivity contribution in [3.8, 4) is 5.75 Å². The van der Waals surface area contributed by atoms with E-state index in [0.717, 1.165) is 32.1 Å². The minimum Gasteiger partial charge on any atom is -0.461 e. The van der Waals surface area contributed by atoms with Gasteiger partial charge in [0.15, 0.2) is 17.7 Å². The number of nitrogens with one attached hydrogen (secondary N) is 1. The van der Waals surface area contributed by atoms with Crippen molar-refractivity contribution in [1.82, 2.24) is 24.6 Å². The molecule has 2 fully saturated rings. The molecule has 1 saturated heterocycles. The highest BCUT2D eigenvalue weighted by atomic mass is 35.5. The SMILES string of the molecule is CC(NP(=O)(Oc1ccc(Cl)cc1)OC(C)[C@H]1O[C@@H](n2cnc3c(N)ncnc32)[C@H](O)[C@@H]1O)C(=O)OC1CCCCC1. The maximum absolute atomic E-state index is 14.1. The summed E-state index contributed by atoms with van der Waals surface area (Å²) in [5.74, 6) is -0.301. The Balaban J connectivity index is 1.33. The second-order valence-electron chi connectivity index (χ2n) is 10.5. The number of nitrogens with zero attached hydrogens (tertiary/aromatic N) is 4. The topological polar surface area (TPSA) is 193 Å². The normalized spacial score (nSPS) is 26.0. The zero-order valence-corrected chi connectivity index (χ0v) is 24.7. The van der Waals surface area contributed by atoms with Crippen molar-refractivity contribution in [2.75, 3.05) is 5.73 Å². The molecule has 5 N–H and O–H groups in total. The number of nitrogen functional groups attached to an aromatic ring is 1. The highest BCUT2D eigenvalue weighted by Crippen LogP contribution is 2.48. The number of halogens is 1. The number of hydrogen-bond donors (Lipinski definition) is 4. The number of ether oxygens (including phenoxy) is 2. The number of benzene rings is 1. The van der Waals surface area contributed by atoms with Gasteiger partial charge in [-0.3, -0.25) is 13.9 Å². The van der Waals surface area contributed by atoms with Gasteiger partial charge in [0.05, 0.1) is 12.4 Å².